The Morgan fingerprint density at radius 3 is 3.00 bits per heavy atom. The van der Waals surface area contributed by atoms with Gasteiger partial charge in [0.05, 0.1) is 11.7 Å². The van der Waals surface area contributed by atoms with E-state index in [0.29, 0.717) is 12.8 Å². The quantitative estimate of drug-likeness (QED) is 0.637. The zero-order chi connectivity index (χ0) is 10.3. The fourth-order valence-electron chi connectivity index (χ4n) is 1.89. The molecular formula is C12H14O2. The summed E-state index contributed by atoms with van der Waals surface area (Å²) in [5.74, 6) is 1.19. The molecule has 14 heavy (non-hydrogen) atoms. The van der Waals surface area contributed by atoms with E-state index >= 15 is 0 Å². The Morgan fingerprint density at radius 2 is 2.36 bits per heavy atom. The molecule has 0 radical (unpaired) electrons. The predicted octanol–water partition coefficient (Wildman–Crippen LogP) is 2.45. The maximum absolute atomic E-state index is 11.8. The molecule has 1 atom stereocenters. The highest BCUT2D eigenvalue weighted by atomic mass is 16.3. The first-order valence-electron chi connectivity index (χ1n) is 4.79. The van der Waals surface area contributed by atoms with E-state index in [9.17, 15) is 4.79 Å². The first-order valence-corrected chi connectivity index (χ1v) is 4.79. The number of ketones is 1. The van der Waals surface area contributed by atoms with Gasteiger partial charge >= 0.3 is 0 Å². The van der Waals surface area contributed by atoms with Crippen molar-refractivity contribution in [2.24, 2.45) is 5.41 Å². The number of rotatable bonds is 1. The normalized spacial score (nSPS) is 26.0. The van der Waals surface area contributed by atoms with Gasteiger partial charge in [-0.3, -0.25) is 4.79 Å². The van der Waals surface area contributed by atoms with Gasteiger partial charge in [0.2, 0.25) is 0 Å². The molecule has 0 bridgehead atoms. The lowest BCUT2D eigenvalue weighted by molar-refractivity contribution is -0.125. The lowest BCUT2D eigenvalue weighted by atomic mass is 9.74. The van der Waals surface area contributed by atoms with Crippen LogP contribution in [0, 0.1) is 12.3 Å². The molecule has 0 aromatic carbocycles. The Morgan fingerprint density at radius 1 is 1.64 bits per heavy atom. The van der Waals surface area contributed by atoms with E-state index in [2.05, 4.69) is 6.58 Å². The molecule has 0 aliphatic heterocycles. The Balaban J connectivity index is 2.47. The third-order valence-corrected chi connectivity index (χ3v) is 3.14. The van der Waals surface area contributed by atoms with Crippen LogP contribution in [0.3, 0.4) is 0 Å². The number of carbonyl (C=O) groups excluding carboxylic acids is 1. The summed E-state index contributed by atoms with van der Waals surface area (Å²) in [6.45, 7) is 7.62. The molecule has 1 aromatic rings. The lowest BCUT2D eigenvalue weighted by Crippen LogP contribution is -2.33. The standard InChI is InChI=1S/C12H14O2/c1-4-12(3)6-10-9(5-11(12)13)8(2)7-14-10/h4,7H,1,5-6H2,2-3H3/t12-/m1/s1. The maximum atomic E-state index is 11.8. The van der Waals surface area contributed by atoms with Crippen molar-refractivity contribution in [1.29, 1.82) is 0 Å². The van der Waals surface area contributed by atoms with E-state index in [1.165, 1.54) is 0 Å². The van der Waals surface area contributed by atoms with Gasteiger partial charge in [0.15, 0.2) is 0 Å². The second-order valence-electron chi connectivity index (χ2n) is 4.22. The molecule has 0 saturated heterocycles. The Kier molecular flexibility index (Phi) is 1.88. The summed E-state index contributed by atoms with van der Waals surface area (Å²) in [4.78, 5) is 11.8. The van der Waals surface area contributed by atoms with Crippen LogP contribution >= 0.6 is 0 Å². The van der Waals surface area contributed by atoms with E-state index in [4.69, 9.17) is 4.42 Å². The van der Waals surface area contributed by atoms with Gasteiger partial charge in [0.1, 0.15) is 11.5 Å². The zero-order valence-electron chi connectivity index (χ0n) is 8.59. The molecule has 0 N–H and O–H groups in total. The summed E-state index contributed by atoms with van der Waals surface area (Å²) >= 11 is 0. The Bertz CT molecular complexity index is 400. The number of hydrogen-bond donors (Lipinski definition) is 0. The summed E-state index contributed by atoms with van der Waals surface area (Å²) in [5, 5.41) is 0. The number of carbonyl (C=O) groups is 1. The van der Waals surface area contributed by atoms with Crippen molar-refractivity contribution in [3.8, 4) is 0 Å². The fourth-order valence-corrected chi connectivity index (χ4v) is 1.89. The molecule has 0 amide bonds. The summed E-state index contributed by atoms with van der Waals surface area (Å²) in [6, 6.07) is 0. The minimum atomic E-state index is -0.433. The van der Waals surface area contributed by atoms with Crippen LogP contribution in [0.1, 0.15) is 23.8 Å². The molecule has 74 valence electrons. The van der Waals surface area contributed by atoms with Crippen molar-refractivity contribution in [3.63, 3.8) is 0 Å². The first kappa shape index (κ1) is 9.25. The molecule has 0 unspecified atom stereocenters. The molecule has 0 saturated carbocycles. The molecule has 2 heteroatoms. The highest BCUT2D eigenvalue weighted by Gasteiger charge is 2.37. The van der Waals surface area contributed by atoms with E-state index in [0.717, 1.165) is 16.9 Å². The molecule has 1 aliphatic carbocycles. The number of hydrogen-bond acceptors (Lipinski definition) is 2. The summed E-state index contributed by atoms with van der Waals surface area (Å²) in [5.41, 5.74) is 1.73. The molecular weight excluding hydrogens is 176 g/mol. The zero-order valence-corrected chi connectivity index (χ0v) is 8.59. The van der Waals surface area contributed by atoms with Gasteiger partial charge in [-0.05, 0) is 19.4 Å². The van der Waals surface area contributed by atoms with Crippen LogP contribution in [0.4, 0.5) is 0 Å². The molecule has 1 aromatic heterocycles. The van der Waals surface area contributed by atoms with Crippen molar-refractivity contribution in [2.45, 2.75) is 26.7 Å². The Hall–Kier alpha value is -1.31. The lowest BCUT2D eigenvalue weighted by Gasteiger charge is -2.27. The highest BCUT2D eigenvalue weighted by Crippen LogP contribution is 2.35. The second kappa shape index (κ2) is 2.84. The molecule has 2 nitrogen and oxygen atoms in total. The average molecular weight is 190 g/mol. The van der Waals surface area contributed by atoms with Crippen LogP contribution in [0.2, 0.25) is 0 Å². The largest absolute Gasteiger partial charge is 0.469 e. The second-order valence-corrected chi connectivity index (χ2v) is 4.22. The van der Waals surface area contributed by atoms with Crippen LogP contribution < -0.4 is 0 Å². The van der Waals surface area contributed by atoms with Crippen LogP contribution in [-0.4, -0.2) is 5.78 Å². The van der Waals surface area contributed by atoms with Gasteiger partial charge in [-0.25, -0.2) is 0 Å². The molecule has 0 spiro atoms. The smallest absolute Gasteiger partial charge is 0.147 e. The SMILES string of the molecule is C=C[C@]1(C)Cc2occ(C)c2CC1=O. The predicted molar refractivity (Wildman–Crippen MR) is 54.2 cm³/mol. The minimum Gasteiger partial charge on any atom is -0.469 e. The molecule has 0 fully saturated rings. The van der Waals surface area contributed by atoms with Crippen molar-refractivity contribution in [1.82, 2.24) is 0 Å². The third kappa shape index (κ3) is 1.14. The number of Topliss-reactive ketones (excluding diaryl/α,β-unsaturated/α-hetero) is 1. The number of furan rings is 1. The van der Waals surface area contributed by atoms with Gasteiger partial charge in [-0.2, -0.15) is 0 Å². The maximum Gasteiger partial charge on any atom is 0.147 e. The Labute approximate surface area is 83.6 Å². The van der Waals surface area contributed by atoms with Crippen LogP contribution in [0.5, 0.6) is 0 Å². The highest BCUT2D eigenvalue weighted by molar-refractivity contribution is 5.90. The number of fused-ring (bicyclic) bond motifs is 1. The third-order valence-electron chi connectivity index (χ3n) is 3.14. The van der Waals surface area contributed by atoms with Crippen molar-refractivity contribution in [3.05, 3.63) is 35.8 Å². The number of allylic oxidation sites excluding steroid dienone is 1. The monoisotopic (exact) mass is 190 g/mol. The average Bonchev–Trinajstić information content (AvgIpc) is 2.49. The molecule has 1 heterocycles. The summed E-state index contributed by atoms with van der Waals surface area (Å²) in [7, 11) is 0. The van der Waals surface area contributed by atoms with Gasteiger partial charge in [0, 0.05) is 18.4 Å². The van der Waals surface area contributed by atoms with E-state index in [1.807, 2.05) is 13.8 Å². The van der Waals surface area contributed by atoms with Gasteiger partial charge in [0.25, 0.3) is 0 Å². The van der Waals surface area contributed by atoms with Gasteiger partial charge in [-0.1, -0.05) is 6.08 Å². The number of aryl methyl sites for hydroxylation is 1. The van der Waals surface area contributed by atoms with E-state index in [1.54, 1.807) is 12.3 Å². The van der Waals surface area contributed by atoms with Crippen molar-refractivity contribution < 1.29 is 9.21 Å². The van der Waals surface area contributed by atoms with Crippen LogP contribution in [0.25, 0.3) is 0 Å². The van der Waals surface area contributed by atoms with Gasteiger partial charge < -0.3 is 4.42 Å². The topological polar surface area (TPSA) is 30.2 Å². The van der Waals surface area contributed by atoms with Crippen LogP contribution in [-0.2, 0) is 17.6 Å². The molecule has 1 aliphatic rings. The van der Waals surface area contributed by atoms with Crippen LogP contribution in [0.15, 0.2) is 23.3 Å². The minimum absolute atomic E-state index is 0.240. The first-order chi connectivity index (χ1) is 6.57. The van der Waals surface area contributed by atoms with E-state index < -0.39 is 5.41 Å². The van der Waals surface area contributed by atoms with Crippen molar-refractivity contribution in [2.75, 3.05) is 0 Å². The molecule has 2 rings (SSSR count). The summed E-state index contributed by atoms with van der Waals surface area (Å²) in [6.07, 6.45) is 4.60. The fraction of sp³-hybridized carbons (Fsp3) is 0.417. The van der Waals surface area contributed by atoms with Crippen molar-refractivity contribution >= 4 is 5.78 Å². The van der Waals surface area contributed by atoms with Gasteiger partial charge in [-0.15, -0.1) is 6.58 Å². The van der Waals surface area contributed by atoms with E-state index in [-0.39, 0.29) is 5.78 Å². The summed E-state index contributed by atoms with van der Waals surface area (Å²) < 4.78 is 5.43.